The summed E-state index contributed by atoms with van der Waals surface area (Å²) in [6.07, 6.45) is 0.621. The molecule has 2 atom stereocenters. The third-order valence-corrected chi connectivity index (χ3v) is 8.42. The summed E-state index contributed by atoms with van der Waals surface area (Å²) in [5.74, 6) is 2.14. The Kier molecular flexibility index (Phi) is 9.30. The van der Waals surface area contributed by atoms with Gasteiger partial charge >= 0.3 is 0 Å². The molecule has 1 fully saturated rings. The van der Waals surface area contributed by atoms with Crippen LogP contribution in [0.4, 0.5) is 0 Å². The highest BCUT2D eigenvalue weighted by Gasteiger charge is 2.42. The normalized spacial score (nSPS) is 16.9. The van der Waals surface area contributed by atoms with Crippen LogP contribution in [0, 0.1) is 0 Å². The first-order chi connectivity index (χ1) is 19.2. The van der Waals surface area contributed by atoms with Crippen LogP contribution >= 0.6 is 11.8 Å². The van der Waals surface area contributed by atoms with Crippen molar-refractivity contribution in [2.45, 2.75) is 44.0 Å². The van der Waals surface area contributed by atoms with Gasteiger partial charge in [-0.25, -0.2) is 0 Å². The average molecular weight is 563 g/mol. The van der Waals surface area contributed by atoms with Crippen LogP contribution in [0.3, 0.4) is 0 Å². The summed E-state index contributed by atoms with van der Waals surface area (Å²) in [5.41, 5.74) is 3.78. The van der Waals surface area contributed by atoms with Gasteiger partial charge in [0.15, 0.2) is 11.5 Å². The number of nitrogens with zero attached hydrogens (tertiary/aromatic N) is 1. The monoisotopic (exact) mass is 562 g/mol. The lowest BCUT2D eigenvalue weighted by molar-refractivity contribution is -0.124. The molecule has 40 heavy (non-hydrogen) atoms. The van der Waals surface area contributed by atoms with E-state index in [-0.39, 0.29) is 22.6 Å². The number of amides is 2. The smallest absolute Gasteiger partial charge is 0.255 e. The molecule has 0 spiro atoms. The Balaban J connectivity index is 1.53. The van der Waals surface area contributed by atoms with Gasteiger partial charge in [0.1, 0.15) is 17.2 Å². The standard InChI is InChI=1S/C32H38N2O5S/c1-32(2,3)24-12-8-23(9-13-24)31-34(30(36)22-10-14-25(37-4)15-11-22)26(20-40-31)29(35)33-18-17-21-7-16-27(38-5)28(19-21)39-6/h7-16,19,26,31H,17-18,20H2,1-6H3,(H,33,35). The van der Waals surface area contributed by atoms with E-state index in [1.807, 2.05) is 18.2 Å². The summed E-state index contributed by atoms with van der Waals surface area (Å²) in [7, 11) is 4.79. The molecule has 1 aliphatic heterocycles. The summed E-state index contributed by atoms with van der Waals surface area (Å²) in [6.45, 7) is 6.96. The molecule has 0 aliphatic carbocycles. The van der Waals surface area contributed by atoms with Crippen molar-refractivity contribution in [1.82, 2.24) is 10.2 Å². The van der Waals surface area contributed by atoms with Gasteiger partial charge in [-0.2, -0.15) is 0 Å². The minimum atomic E-state index is -0.600. The van der Waals surface area contributed by atoms with E-state index < -0.39 is 6.04 Å². The maximum atomic E-state index is 13.9. The van der Waals surface area contributed by atoms with Gasteiger partial charge < -0.3 is 24.4 Å². The highest BCUT2D eigenvalue weighted by molar-refractivity contribution is 7.99. The Hall–Kier alpha value is -3.65. The van der Waals surface area contributed by atoms with Gasteiger partial charge in [0.2, 0.25) is 5.91 Å². The topological polar surface area (TPSA) is 77.1 Å². The lowest BCUT2D eigenvalue weighted by Crippen LogP contribution is -2.48. The Labute approximate surface area is 241 Å². The van der Waals surface area contributed by atoms with E-state index in [2.05, 4.69) is 50.4 Å². The highest BCUT2D eigenvalue weighted by Crippen LogP contribution is 2.43. The zero-order valence-corrected chi connectivity index (χ0v) is 24.8. The number of rotatable bonds is 9. The number of carbonyl (C=O) groups excluding carboxylic acids is 2. The van der Waals surface area contributed by atoms with E-state index in [4.69, 9.17) is 14.2 Å². The Morgan fingerprint density at radius 2 is 1.57 bits per heavy atom. The van der Waals surface area contributed by atoms with Gasteiger partial charge in [0.05, 0.1) is 21.3 Å². The second kappa shape index (κ2) is 12.7. The molecule has 0 radical (unpaired) electrons. The average Bonchev–Trinajstić information content (AvgIpc) is 3.41. The van der Waals surface area contributed by atoms with Crippen molar-refractivity contribution in [3.63, 3.8) is 0 Å². The number of hydrogen-bond donors (Lipinski definition) is 1. The molecule has 0 saturated carbocycles. The molecule has 7 nitrogen and oxygen atoms in total. The third-order valence-electron chi connectivity index (χ3n) is 7.10. The van der Waals surface area contributed by atoms with Crippen LogP contribution < -0.4 is 19.5 Å². The van der Waals surface area contributed by atoms with Gasteiger partial charge in [-0.1, -0.05) is 51.1 Å². The molecule has 1 N–H and O–H groups in total. The molecular weight excluding hydrogens is 524 g/mol. The van der Waals surface area contributed by atoms with E-state index in [9.17, 15) is 9.59 Å². The molecule has 1 aliphatic rings. The van der Waals surface area contributed by atoms with Crippen molar-refractivity contribution in [3.8, 4) is 17.2 Å². The molecule has 0 bridgehead atoms. The summed E-state index contributed by atoms with van der Waals surface area (Å²) in [6, 6.07) is 20.5. The first-order valence-electron chi connectivity index (χ1n) is 13.3. The first-order valence-corrected chi connectivity index (χ1v) is 14.4. The number of nitrogens with one attached hydrogen (secondary N) is 1. The van der Waals surface area contributed by atoms with E-state index in [0.717, 1.165) is 11.1 Å². The summed E-state index contributed by atoms with van der Waals surface area (Å²) >= 11 is 1.61. The zero-order valence-electron chi connectivity index (χ0n) is 24.0. The van der Waals surface area contributed by atoms with E-state index in [0.29, 0.717) is 41.5 Å². The minimum Gasteiger partial charge on any atom is -0.497 e. The van der Waals surface area contributed by atoms with Gasteiger partial charge in [0, 0.05) is 17.9 Å². The van der Waals surface area contributed by atoms with Crippen LogP contribution in [0.15, 0.2) is 66.7 Å². The fourth-order valence-corrected chi connectivity index (χ4v) is 6.16. The van der Waals surface area contributed by atoms with Crippen molar-refractivity contribution >= 4 is 23.6 Å². The van der Waals surface area contributed by atoms with Crippen LogP contribution in [0.25, 0.3) is 0 Å². The van der Waals surface area contributed by atoms with Crippen molar-refractivity contribution in [2.24, 2.45) is 0 Å². The highest BCUT2D eigenvalue weighted by atomic mass is 32.2. The van der Waals surface area contributed by atoms with Crippen molar-refractivity contribution in [1.29, 1.82) is 0 Å². The zero-order chi connectivity index (χ0) is 28.9. The lowest BCUT2D eigenvalue weighted by Gasteiger charge is -2.30. The summed E-state index contributed by atoms with van der Waals surface area (Å²) in [4.78, 5) is 29.1. The number of carbonyl (C=O) groups is 2. The quantitative estimate of drug-likeness (QED) is 0.365. The number of methoxy groups -OCH3 is 3. The number of thioether (sulfide) groups is 1. The molecule has 212 valence electrons. The van der Waals surface area contributed by atoms with Crippen molar-refractivity contribution in [3.05, 3.63) is 89.0 Å². The summed E-state index contributed by atoms with van der Waals surface area (Å²) in [5, 5.41) is 2.78. The largest absolute Gasteiger partial charge is 0.497 e. The van der Waals surface area contributed by atoms with Crippen molar-refractivity contribution < 1.29 is 23.8 Å². The van der Waals surface area contributed by atoms with Crippen LogP contribution in [0.5, 0.6) is 17.2 Å². The maximum absolute atomic E-state index is 13.9. The Morgan fingerprint density at radius 3 is 2.17 bits per heavy atom. The number of benzene rings is 3. The molecule has 0 aromatic heterocycles. The predicted octanol–water partition coefficient (Wildman–Crippen LogP) is 5.63. The molecule has 3 aromatic carbocycles. The minimum absolute atomic E-state index is 0.0241. The second-order valence-electron chi connectivity index (χ2n) is 10.7. The molecule has 2 unspecified atom stereocenters. The molecule has 3 aromatic rings. The van der Waals surface area contributed by atoms with Crippen LogP contribution in [-0.4, -0.2) is 56.4 Å². The molecule has 1 heterocycles. The SMILES string of the molecule is COc1ccc(C(=O)N2C(C(=O)NCCc3ccc(OC)c(OC)c3)CSC2c2ccc(C(C)(C)C)cc2)cc1. The van der Waals surface area contributed by atoms with E-state index in [1.165, 1.54) is 5.56 Å². The Morgan fingerprint density at radius 1 is 0.900 bits per heavy atom. The number of hydrogen-bond acceptors (Lipinski definition) is 6. The first kappa shape index (κ1) is 29.3. The van der Waals surface area contributed by atoms with Crippen molar-refractivity contribution in [2.75, 3.05) is 33.6 Å². The van der Waals surface area contributed by atoms with E-state index >= 15 is 0 Å². The third kappa shape index (κ3) is 6.55. The van der Waals surface area contributed by atoms with Gasteiger partial charge in [-0.15, -0.1) is 11.8 Å². The van der Waals surface area contributed by atoms with Crippen LogP contribution in [-0.2, 0) is 16.6 Å². The van der Waals surface area contributed by atoms with Gasteiger partial charge in [0.25, 0.3) is 5.91 Å². The van der Waals surface area contributed by atoms with E-state index in [1.54, 1.807) is 62.3 Å². The Bertz CT molecular complexity index is 1320. The van der Waals surface area contributed by atoms with Gasteiger partial charge in [-0.05, 0) is 64.9 Å². The molecule has 2 amide bonds. The predicted molar refractivity (Wildman–Crippen MR) is 160 cm³/mol. The van der Waals surface area contributed by atoms with Gasteiger partial charge in [-0.3, -0.25) is 9.59 Å². The second-order valence-corrected chi connectivity index (χ2v) is 11.9. The molecule has 1 saturated heterocycles. The fraction of sp³-hybridized carbons (Fsp3) is 0.375. The van der Waals surface area contributed by atoms with Crippen LogP contribution in [0.2, 0.25) is 0 Å². The lowest BCUT2D eigenvalue weighted by atomic mass is 9.86. The fourth-order valence-electron chi connectivity index (χ4n) is 4.73. The molecular formula is C32H38N2O5S. The summed E-state index contributed by atoms with van der Waals surface area (Å²) < 4.78 is 16.0. The molecule has 4 rings (SSSR count). The van der Waals surface area contributed by atoms with Crippen LogP contribution in [0.1, 0.15) is 53.2 Å². The maximum Gasteiger partial charge on any atom is 0.255 e. The number of ether oxygens (including phenoxy) is 3. The molecule has 8 heteroatoms.